The Morgan fingerprint density at radius 1 is 1.35 bits per heavy atom. The lowest BCUT2D eigenvalue weighted by Gasteiger charge is -2.04. The number of rotatable bonds is 6. The Morgan fingerprint density at radius 3 is 2.71 bits per heavy atom. The van der Waals surface area contributed by atoms with Crippen molar-refractivity contribution in [1.82, 2.24) is 5.32 Å². The van der Waals surface area contributed by atoms with Crippen molar-refractivity contribution >= 4 is 5.91 Å². The fourth-order valence-corrected chi connectivity index (χ4v) is 1.26. The van der Waals surface area contributed by atoms with Gasteiger partial charge in [-0.15, -0.1) is 0 Å². The highest BCUT2D eigenvalue weighted by Crippen LogP contribution is 2.02. The molecule has 5 nitrogen and oxygen atoms in total. The molecule has 1 N–H and O–H groups in total. The zero-order valence-electron chi connectivity index (χ0n) is 9.27. The van der Waals surface area contributed by atoms with Crippen LogP contribution in [0.1, 0.15) is 23.2 Å². The monoisotopic (exact) mass is 236 g/mol. The van der Waals surface area contributed by atoms with Crippen LogP contribution in [-0.4, -0.2) is 19.0 Å². The van der Waals surface area contributed by atoms with Gasteiger partial charge in [0.25, 0.3) is 5.91 Å². The van der Waals surface area contributed by atoms with Gasteiger partial charge in [-0.05, 0) is 42.6 Å². The van der Waals surface area contributed by atoms with Gasteiger partial charge in [-0.2, -0.15) is 0 Å². The van der Waals surface area contributed by atoms with Crippen LogP contribution in [-0.2, 0) is 0 Å². The van der Waals surface area contributed by atoms with Crippen LogP contribution in [0.15, 0.2) is 29.4 Å². The van der Waals surface area contributed by atoms with E-state index < -0.39 is 0 Å². The Labute approximate surface area is 98.3 Å². The molecule has 0 radical (unpaired) electrons. The van der Waals surface area contributed by atoms with E-state index in [1.807, 2.05) is 0 Å². The number of nitrogens with zero attached hydrogens (tertiary/aromatic N) is 3. The predicted octanol–water partition coefficient (Wildman–Crippen LogP) is 2.65. The van der Waals surface area contributed by atoms with Crippen molar-refractivity contribution in [3.05, 3.63) is 46.1 Å². The zero-order valence-corrected chi connectivity index (χ0v) is 9.27. The molecule has 0 unspecified atom stereocenters. The Balaban J connectivity index is 2.25. The number of carbonyl (C=O) groups excluding carboxylic acids is 1. The number of halogens is 1. The molecule has 0 atom stereocenters. The van der Waals surface area contributed by atoms with Crippen molar-refractivity contribution in [3.8, 4) is 0 Å². The van der Waals surface area contributed by atoms with Crippen LogP contribution in [0.5, 0.6) is 0 Å². The van der Waals surface area contributed by atoms with Crippen LogP contribution >= 0.6 is 0 Å². The number of unbranched alkanes of at least 4 members (excludes halogenated alkanes) is 1. The molecule has 0 aromatic heterocycles. The summed E-state index contributed by atoms with van der Waals surface area (Å²) in [5.74, 6) is -0.593. The molecule has 0 aliphatic heterocycles. The summed E-state index contributed by atoms with van der Waals surface area (Å²) in [7, 11) is 0. The molecular weight excluding hydrogens is 223 g/mol. The third-order valence-corrected chi connectivity index (χ3v) is 2.14. The zero-order chi connectivity index (χ0) is 12.5. The molecule has 0 fully saturated rings. The van der Waals surface area contributed by atoms with Crippen LogP contribution in [0.25, 0.3) is 10.4 Å². The summed E-state index contributed by atoms with van der Waals surface area (Å²) in [5.41, 5.74) is 8.47. The molecular formula is C11H13FN4O. The summed E-state index contributed by atoms with van der Waals surface area (Å²) in [6, 6.07) is 5.36. The third-order valence-electron chi connectivity index (χ3n) is 2.14. The maximum absolute atomic E-state index is 12.6. The van der Waals surface area contributed by atoms with Gasteiger partial charge in [0.05, 0.1) is 0 Å². The van der Waals surface area contributed by atoms with E-state index in [4.69, 9.17) is 5.53 Å². The smallest absolute Gasteiger partial charge is 0.251 e. The first-order valence-electron chi connectivity index (χ1n) is 5.28. The molecule has 1 aromatic carbocycles. The first-order chi connectivity index (χ1) is 8.24. The lowest BCUT2D eigenvalue weighted by atomic mass is 10.2. The number of carbonyl (C=O) groups is 1. The number of nitrogens with one attached hydrogen (secondary N) is 1. The maximum atomic E-state index is 12.6. The van der Waals surface area contributed by atoms with Crippen LogP contribution in [0.3, 0.4) is 0 Å². The summed E-state index contributed by atoms with van der Waals surface area (Å²) >= 11 is 0. The van der Waals surface area contributed by atoms with Gasteiger partial charge in [-0.3, -0.25) is 4.79 Å². The molecule has 0 bridgehead atoms. The van der Waals surface area contributed by atoms with Crippen molar-refractivity contribution < 1.29 is 9.18 Å². The van der Waals surface area contributed by atoms with Crippen LogP contribution < -0.4 is 5.32 Å². The first-order valence-corrected chi connectivity index (χ1v) is 5.28. The number of amides is 1. The van der Waals surface area contributed by atoms with Gasteiger partial charge in [0.2, 0.25) is 0 Å². The summed E-state index contributed by atoms with van der Waals surface area (Å²) in [5, 5.41) is 6.08. The summed E-state index contributed by atoms with van der Waals surface area (Å²) < 4.78 is 12.6. The fraction of sp³-hybridized carbons (Fsp3) is 0.364. The fourth-order valence-electron chi connectivity index (χ4n) is 1.26. The largest absolute Gasteiger partial charge is 0.352 e. The van der Waals surface area contributed by atoms with Gasteiger partial charge in [0, 0.05) is 23.6 Å². The van der Waals surface area contributed by atoms with Crippen LogP contribution in [0.4, 0.5) is 4.39 Å². The summed E-state index contributed by atoms with van der Waals surface area (Å²) in [6.45, 7) is 0.945. The van der Waals surface area contributed by atoms with Crippen molar-refractivity contribution in [2.45, 2.75) is 12.8 Å². The summed E-state index contributed by atoms with van der Waals surface area (Å²) in [6.07, 6.45) is 1.47. The van der Waals surface area contributed by atoms with Gasteiger partial charge in [-0.25, -0.2) is 4.39 Å². The maximum Gasteiger partial charge on any atom is 0.251 e. The molecule has 90 valence electrons. The van der Waals surface area contributed by atoms with Gasteiger partial charge in [-0.1, -0.05) is 5.11 Å². The molecule has 0 saturated carbocycles. The molecule has 0 heterocycles. The third kappa shape index (κ3) is 4.99. The van der Waals surface area contributed by atoms with E-state index in [0.717, 1.165) is 12.8 Å². The van der Waals surface area contributed by atoms with Gasteiger partial charge >= 0.3 is 0 Å². The molecule has 6 heteroatoms. The standard InChI is InChI=1S/C11H13FN4O/c12-10-5-3-9(4-6-10)11(17)14-7-1-2-8-15-16-13/h3-6H,1-2,7-8H2,(H,14,17). The normalized spacial score (nSPS) is 9.47. The Morgan fingerprint density at radius 2 is 2.06 bits per heavy atom. The molecule has 0 saturated heterocycles. The van der Waals surface area contributed by atoms with Gasteiger partial charge in [0.15, 0.2) is 0 Å². The first kappa shape index (κ1) is 13.0. The average Bonchev–Trinajstić information content (AvgIpc) is 2.34. The quantitative estimate of drug-likeness (QED) is 0.350. The molecule has 17 heavy (non-hydrogen) atoms. The topological polar surface area (TPSA) is 77.9 Å². The van der Waals surface area contributed by atoms with E-state index in [1.165, 1.54) is 24.3 Å². The number of hydrogen-bond donors (Lipinski definition) is 1. The van der Waals surface area contributed by atoms with Crippen molar-refractivity contribution in [2.75, 3.05) is 13.1 Å². The number of azide groups is 1. The lowest BCUT2D eigenvalue weighted by Crippen LogP contribution is -2.24. The minimum atomic E-state index is -0.365. The molecule has 0 spiro atoms. The second kappa shape index (κ2) is 7.24. The van der Waals surface area contributed by atoms with E-state index in [-0.39, 0.29) is 11.7 Å². The van der Waals surface area contributed by atoms with E-state index in [0.29, 0.717) is 18.7 Å². The Hall–Kier alpha value is -2.07. The second-order valence-corrected chi connectivity index (χ2v) is 3.42. The van der Waals surface area contributed by atoms with Crippen molar-refractivity contribution in [1.29, 1.82) is 0 Å². The second-order valence-electron chi connectivity index (χ2n) is 3.42. The van der Waals surface area contributed by atoms with E-state index in [1.54, 1.807) is 0 Å². The highest BCUT2D eigenvalue weighted by molar-refractivity contribution is 5.94. The lowest BCUT2D eigenvalue weighted by molar-refractivity contribution is 0.0953. The number of benzene rings is 1. The molecule has 1 rings (SSSR count). The van der Waals surface area contributed by atoms with Crippen molar-refractivity contribution in [3.63, 3.8) is 0 Å². The molecule has 1 aromatic rings. The van der Waals surface area contributed by atoms with Gasteiger partial charge in [0.1, 0.15) is 5.82 Å². The van der Waals surface area contributed by atoms with E-state index in [9.17, 15) is 9.18 Å². The predicted molar refractivity (Wildman–Crippen MR) is 62.0 cm³/mol. The van der Waals surface area contributed by atoms with E-state index >= 15 is 0 Å². The van der Waals surface area contributed by atoms with Crippen molar-refractivity contribution in [2.24, 2.45) is 5.11 Å². The molecule has 0 aliphatic rings. The van der Waals surface area contributed by atoms with Crippen LogP contribution in [0, 0.1) is 5.82 Å². The Bertz CT molecular complexity index is 412. The van der Waals surface area contributed by atoms with E-state index in [2.05, 4.69) is 15.3 Å². The minimum Gasteiger partial charge on any atom is -0.352 e. The number of hydrogen-bond acceptors (Lipinski definition) is 2. The average molecular weight is 236 g/mol. The highest BCUT2D eigenvalue weighted by Gasteiger charge is 2.03. The summed E-state index contributed by atoms with van der Waals surface area (Å²) in [4.78, 5) is 14.2. The Kier molecular flexibility index (Phi) is 5.54. The van der Waals surface area contributed by atoms with Gasteiger partial charge < -0.3 is 5.32 Å². The highest BCUT2D eigenvalue weighted by atomic mass is 19.1. The minimum absolute atomic E-state index is 0.228. The molecule has 0 aliphatic carbocycles. The van der Waals surface area contributed by atoms with Crippen LogP contribution in [0.2, 0.25) is 0 Å². The SMILES string of the molecule is [N-]=[N+]=NCCCCNC(=O)c1ccc(F)cc1. The molecule has 1 amide bonds.